The molecule has 0 aromatic heterocycles. The van der Waals surface area contributed by atoms with Gasteiger partial charge in [0.25, 0.3) is 0 Å². The van der Waals surface area contributed by atoms with Crippen molar-refractivity contribution in [3.63, 3.8) is 0 Å². The summed E-state index contributed by atoms with van der Waals surface area (Å²) in [6, 6.07) is -0.498. The quantitative estimate of drug-likeness (QED) is 0.370. The van der Waals surface area contributed by atoms with Gasteiger partial charge in [0.15, 0.2) is 12.2 Å². The summed E-state index contributed by atoms with van der Waals surface area (Å²) in [5.41, 5.74) is -0.411. The number of rotatable bonds is 7. The van der Waals surface area contributed by atoms with Gasteiger partial charge in [-0.05, 0) is 12.8 Å². The molecule has 0 aliphatic carbocycles. The molecule has 144 valence electrons. The molecule has 5 atom stereocenters. The van der Waals surface area contributed by atoms with Gasteiger partial charge < -0.3 is 18.9 Å². The van der Waals surface area contributed by atoms with Crippen LogP contribution in [0.3, 0.4) is 0 Å². The topological polar surface area (TPSA) is 100 Å². The summed E-state index contributed by atoms with van der Waals surface area (Å²) in [5.74, 6) is -1.55. The van der Waals surface area contributed by atoms with Crippen LogP contribution in [0.25, 0.3) is 0 Å². The molecule has 2 heterocycles. The van der Waals surface area contributed by atoms with E-state index in [1.165, 1.54) is 32.5 Å². The molecule has 0 amide bonds. The van der Waals surface area contributed by atoms with E-state index in [1.54, 1.807) is 6.08 Å². The Balaban J connectivity index is 2.26. The largest absolute Gasteiger partial charge is 0.463 e. The maximum Gasteiger partial charge on any atom is 0.303 e. The van der Waals surface area contributed by atoms with Gasteiger partial charge in [0.05, 0.1) is 5.04 Å². The average Bonchev–Trinajstić information content (AvgIpc) is 2.95. The minimum absolute atomic E-state index is 0.114. The standard InChI is InChI=1S/C17H23NO7S/c1-5-6-7-13-18-14-16(24-11(4)21)15(23-10(3)20)12(8-22-9(2)19)25-17(14)26-13/h5,12,14-17H,1,6-8H2,2-4H3/t12-,14-,15-,16-,17-/m1/s1. The number of nitrogens with zero attached hydrogens (tertiary/aromatic N) is 1. The van der Waals surface area contributed by atoms with Crippen LogP contribution in [0.15, 0.2) is 17.6 Å². The lowest BCUT2D eigenvalue weighted by Crippen LogP contribution is -2.59. The van der Waals surface area contributed by atoms with Crippen molar-refractivity contribution in [3.8, 4) is 0 Å². The van der Waals surface area contributed by atoms with Gasteiger partial charge in [-0.15, -0.1) is 6.58 Å². The van der Waals surface area contributed by atoms with Gasteiger partial charge >= 0.3 is 17.9 Å². The first-order valence-electron chi connectivity index (χ1n) is 8.29. The molecule has 26 heavy (non-hydrogen) atoms. The Morgan fingerprint density at radius 3 is 2.38 bits per heavy atom. The molecule has 0 saturated carbocycles. The van der Waals surface area contributed by atoms with Gasteiger partial charge in [-0.3, -0.25) is 19.4 Å². The summed E-state index contributed by atoms with van der Waals surface area (Å²) in [7, 11) is 0. The molecule has 0 aromatic carbocycles. The lowest BCUT2D eigenvalue weighted by atomic mass is 9.97. The number of carbonyl (C=O) groups is 3. The highest BCUT2D eigenvalue weighted by Gasteiger charge is 2.52. The van der Waals surface area contributed by atoms with Crippen molar-refractivity contribution in [3.05, 3.63) is 12.7 Å². The van der Waals surface area contributed by atoms with Gasteiger partial charge in [0.1, 0.15) is 24.2 Å². The first-order valence-corrected chi connectivity index (χ1v) is 9.17. The summed E-state index contributed by atoms with van der Waals surface area (Å²) in [6.07, 6.45) is 0.762. The molecule has 0 radical (unpaired) electrons. The Kier molecular flexibility index (Phi) is 7.22. The second kappa shape index (κ2) is 9.18. The second-order valence-corrected chi connectivity index (χ2v) is 7.12. The predicted molar refractivity (Wildman–Crippen MR) is 94.6 cm³/mol. The molecule has 9 heteroatoms. The number of aliphatic imine (C=N–C) groups is 1. The van der Waals surface area contributed by atoms with Gasteiger partial charge in [-0.25, -0.2) is 0 Å². The van der Waals surface area contributed by atoms with E-state index in [-0.39, 0.29) is 6.61 Å². The van der Waals surface area contributed by atoms with Crippen LogP contribution in [0.5, 0.6) is 0 Å². The van der Waals surface area contributed by atoms with E-state index in [4.69, 9.17) is 18.9 Å². The molecule has 8 nitrogen and oxygen atoms in total. The number of hydrogen-bond donors (Lipinski definition) is 0. The second-order valence-electron chi connectivity index (χ2n) is 5.95. The van der Waals surface area contributed by atoms with Crippen LogP contribution in [0, 0.1) is 0 Å². The minimum atomic E-state index is -0.917. The van der Waals surface area contributed by atoms with Crippen LogP contribution in [-0.2, 0) is 33.3 Å². The number of esters is 3. The zero-order valence-corrected chi connectivity index (χ0v) is 15.8. The zero-order valence-electron chi connectivity index (χ0n) is 15.0. The molecule has 2 aliphatic heterocycles. The summed E-state index contributed by atoms with van der Waals surface area (Å²) < 4.78 is 21.8. The third kappa shape index (κ3) is 5.31. The Labute approximate surface area is 156 Å². The third-order valence-corrected chi connectivity index (χ3v) is 4.98. The molecular formula is C17H23NO7S. The van der Waals surface area contributed by atoms with E-state index in [2.05, 4.69) is 11.6 Å². The number of allylic oxidation sites excluding steroid dienone is 1. The van der Waals surface area contributed by atoms with Crippen molar-refractivity contribution in [1.82, 2.24) is 0 Å². The predicted octanol–water partition coefficient (Wildman–Crippen LogP) is 1.62. The first kappa shape index (κ1) is 20.4. The van der Waals surface area contributed by atoms with Crippen molar-refractivity contribution in [2.45, 2.75) is 63.4 Å². The highest BCUT2D eigenvalue weighted by atomic mass is 32.2. The Hall–Kier alpha value is -1.87. The highest BCUT2D eigenvalue weighted by molar-refractivity contribution is 8.14. The molecular weight excluding hydrogens is 362 g/mol. The van der Waals surface area contributed by atoms with Crippen LogP contribution in [0.4, 0.5) is 0 Å². The SMILES string of the molecule is C=CCCC1=N[C@@H]2[C@@H](OC(C)=O)[C@H](OC(C)=O)[C@@H](COC(C)=O)O[C@@H]2S1. The van der Waals surface area contributed by atoms with Gasteiger partial charge in [-0.2, -0.15) is 0 Å². The zero-order chi connectivity index (χ0) is 19.3. The van der Waals surface area contributed by atoms with E-state index in [9.17, 15) is 14.4 Å². The van der Waals surface area contributed by atoms with Crippen LogP contribution >= 0.6 is 11.8 Å². The van der Waals surface area contributed by atoms with Gasteiger partial charge in [0, 0.05) is 20.8 Å². The summed E-state index contributed by atoms with van der Waals surface area (Å²) >= 11 is 1.43. The fourth-order valence-corrected chi connectivity index (χ4v) is 4.04. The van der Waals surface area contributed by atoms with Crippen molar-refractivity contribution in [2.24, 2.45) is 4.99 Å². The summed E-state index contributed by atoms with van der Waals surface area (Å²) in [6.45, 7) is 7.38. The monoisotopic (exact) mass is 385 g/mol. The van der Waals surface area contributed by atoms with E-state index in [1.807, 2.05) is 0 Å². The van der Waals surface area contributed by atoms with E-state index >= 15 is 0 Å². The van der Waals surface area contributed by atoms with Crippen molar-refractivity contribution < 1.29 is 33.3 Å². The Bertz CT molecular complexity index is 606. The van der Waals surface area contributed by atoms with Crippen molar-refractivity contribution in [2.75, 3.05) is 6.61 Å². The summed E-state index contributed by atoms with van der Waals surface area (Å²) in [4.78, 5) is 38.9. The number of ether oxygens (including phenoxy) is 4. The minimum Gasteiger partial charge on any atom is -0.463 e. The molecule has 0 N–H and O–H groups in total. The average molecular weight is 385 g/mol. The maximum atomic E-state index is 11.6. The highest BCUT2D eigenvalue weighted by Crippen LogP contribution is 2.40. The molecule has 0 aromatic rings. The van der Waals surface area contributed by atoms with Crippen molar-refractivity contribution >= 4 is 34.7 Å². The van der Waals surface area contributed by atoms with Crippen LogP contribution in [0.1, 0.15) is 33.6 Å². The van der Waals surface area contributed by atoms with Gasteiger partial charge in [0.2, 0.25) is 0 Å². The molecule has 0 bridgehead atoms. The number of thioether (sulfide) groups is 1. The molecule has 0 spiro atoms. The lowest BCUT2D eigenvalue weighted by Gasteiger charge is -2.41. The molecule has 0 unspecified atom stereocenters. The molecule has 2 rings (SSSR count). The number of carbonyl (C=O) groups excluding carboxylic acids is 3. The first-order chi connectivity index (χ1) is 12.3. The maximum absolute atomic E-state index is 11.6. The Morgan fingerprint density at radius 2 is 1.81 bits per heavy atom. The van der Waals surface area contributed by atoms with Gasteiger partial charge in [-0.1, -0.05) is 17.8 Å². The number of fused-ring (bicyclic) bond motifs is 1. The molecule has 1 fully saturated rings. The lowest BCUT2D eigenvalue weighted by molar-refractivity contribution is -0.208. The van der Waals surface area contributed by atoms with E-state index < -0.39 is 47.7 Å². The Morgan fingerprint density at radius 1 is 1.15 bits per heavy atom. The fraction of sp³-hybridized carbons (Fsp3) is 0.647. The summed E-state index contributed by atoms with van der Waals surface area (Å²) in [5, 5.41) is 0.853. The van der Waals surface area contributed by atoms with E-state index in [0.717, 1.165) is 11.5 Å². The van der Waals surface area contributed by atoms with Crippen LogP contribution in [-0.4, -0.2) is 59.3 Å². The normalized spacial score (nSPS) is 30.0. The molecule has 1 saturated heterocycles. The van der Waals surface area contributed by atoms with E-state index in [0.29, 0.717) is 6.42 Å². The fourth-order valence-electron chi connectivity index (χ4n) is 2.80. The third-order valence-electron chi connectivity index (χ3n) is 3.78. The van der Waals surface area contributed by atoms with Crippen molar-refractivity contribution in [1.29, 1.82) is 0 Å². The number of hydrogen-bond acceptors (Lipinski definition) is 9. The van der Waals surface area contributed by atoms with Crippen LogP contribution < -0.4 is 0 Å². The van der Waals surface area contributed by atoms with Crippen LogP contribution in [0.2, 0.25) is 0 Å². The smallest absolute Gasteiger partial charge is 0.303 e. The molecule has 2 aliphatic rings.